The Morgan fingerprint density at radius 2 is 1.81 bits per heavy atom. The first kappa shape index (κ1) is 15.3. The number of hydrogen-bond donors (Lipinski definition) is 1. The van der Waals surface area contributed by atoms with E-state index in [2.05, 4.69) is 9.97 Å². The molecule has 0 aliphatic carbocycles. The lowest BCUT2D eigenvalue weighted by Crippen LogP contribution is -2.08. The van der Waals surface area contributed by atoms with E-state index >= 15 is 0 Å². The van der Waals surface area contributed by atoms with Crippen molar-refractivity contribution in [3.8, 4) is 11.4 Å². The predicted octanol–water partition coefficient (Wildman–Crippen LogP) is 4.18. The number of alkyl halides is 3. The third kappa shape index (κ3) is 3.15. The number of aryl methyl sites for hydroxylation is 1. The fourth-order valence-electron chi connectivity index (χ4n) is 2.28. The van der Waals surface area contributed by atoms with Crippen molar-refractivity contribution in [3.63, 3.8) is 0 Å². The fourth-order valence-corrected chi connectivity index (χ4v) is 2.28. The summed E-state index contributed by atoms with van der Waals surface area (Å²) in [5.41, 5.74) is 6.99. The van der Waals surface area contributed by atoms with Gasteiger partial charge in [-0.25, -0.2) is 9.97 Å². The van der Waals surface area contributed by atoms with Crippen LogP contribution in [-0.4, -0.2) is 9.97 Å². The van der Waals surface area contributed by atoms with E-state index in [1.54, 1.807) is 13.0 Å². The van der Waals surface area contributed by atoms with Gasteiger partial charge in [0.25, 0.3) is 0 Å². The van der Waals surface area contributed by atoms with Crippen LogP contribution in [0.2, 0.25) is 0 Å². The molecule has 0 radical (unpaired) electrons. The zero-order valence-corrected chi connectivity index (χ0v) is 12.0. The molecule has 0 unspecified atom stereocenters. The molecule has 21 heavy (non-hydrogen) atoms. The molecule has 0 spiro atoms. The maximum absolute atomic E-state index is 12.7. The van der Waals surface area contributed by atoms with E-state index < -0.39 is 11.7 Å². The van der Waals surface area contributed by atoms with Crippen molar-refractivity contribution in [2.45, 2.75) is 32.9 Å². The van der Waals surface area contributed by atoms with Crippen molar-refractivity contribution < 1.29 is 13.2 Å². The Morgan fingerprint density at radius 1 is 1.14 bits per heavy atom. The number of aromatic nitrogens is 2. The van der Waals surface area contributed by atoms with Gasteiger partial charge in [0, 0.05) is 16.8 Å². The molecule has 0 atom stereocenters. The molecule has 3 nitrogen and oxygen atoms in total. The van der Waals surface area contributed by atoms with E-state index in [9.17, 15) is 13.2 Å². The Hall–Kier alpha value is -2.11. The number of nitrogen functional groups attached to an aromatic ring is 1. The van der Waals surface area contributed by atoms with Crippen molar-refractivity contribution in [1.29, 1.82) is 0 Å². The molecule has 0 bridgehead atoms. The highest BCUT2D eigenvalue weighted by Crippen LogP contribution is 2.32. The summed E-state index contributed by atoms with van der Waals surface area (Å²) in [6.45, 7) is 5.71. The van der Waals surface area contributed by atoms with Crippen LogP contribution in [0.25, 0.3) is 11.4 Å². The molecule has 6 heteroatoms. The number of rotatable bonds is 2. The monoisotopic (exact) mass is 295 g/mol. The van der Waals surface area contributed by atoms with Crippen LogP contribution >= 0.6 is 0 Å². The van der Waals surface area contributed by atoms with Crippen LogP contribution in [0.1, 0.15) is 36.6 Å². The van der Waals surface area contributed by atoms with E-state index in [0.717, 1.165) is 17.7 Å². The van der Waals surface area contributed by atoms with Crippen molar-refractivity contribution in [3.05, 3.63) is 41.1 Å². The van der Waals surface area contributed by atoms with E-state index in [1.165, 1.54) is 6.07 Å². The first-order chi connectivity index (χ1) is 9.70. The van der Waals surface area contributed by atoms with Crippen LogP contribution in [-0.2, 0) is 6.18 Å². The molecule has 1 aromatic carbocycles. The highest BCUT2D eigenvalue weighted by atomic mass is 19.4. The van der Waals surface area contributed by atoms with E-state index in [1.807, 2.05) is 13.8 Å². The zero-order chi connectivity index (χ0) is 15.8. The largest absolute Gasteiger partial charge is 0.416 e. The molecule has 2 rings (SSSR count). The molecule has 2 aromatic rings. The highest BCUT2D eigenvalue weighted by molar-refractivity contribution is 5.60. The number of nitrogens with two attached hydrogens (primary N) is 1. The van der Waals surface area contributed by atoms with Gasteiger partial charge in [0.05, 0.1) is 5.56 Å². The highest BCUT2D eigenvalue weighted by Gasteiger charge is 2.30. The predicted molar refractivity (Wildman–Crippen MR) is 75.7 cm³/mol. The fraction of sp³-hybridized carbons (Fsp3) is 0.333. The van der Waals surface area contributed by atoms with Crippen LogP contribution < -0.4 is 5.73 Å². The van der Waals surface area contributed by atoms with Crippen LogP contribution in [0.4, 0.5) is 19.0 Å². The molecule has 1 heterocycles. The first-order valence-corrected chi connectivity index (χ1v) is 6.51. The molecule has 0 aliphatic heterocycles. The second-order valence-electron chi connectivity index (χ2n) is 5.16. The average molecular weight is 295 g/mol. The van der Waals surface area contributed by atoms with Gasteiger partial charge in [-0.15, -0.1) is 0 Å². The maximum atomic E-state index is 12.7. The maximum Gasteiger partial charge on any atom is 0.416 e. The van der Waals surface area contributed by atoms with Gasteiger partial charge < -0.3 is 5.73 Å². The van der Waals surface area contributed by atoms with Gasteiger partial charge >= 0.3 is 6.18 Å². The molecule has 0 fully saturated rings. The van der Waals surface area contributed by atoms with Gasteiger partial charge in [0.2, 0.25) is 0 Å². The SMILES string of the molecule is Cc1nc(-c2cccc(C(F)(F)F)c2)nc(N)c1C(C)C. The minimum atomic E-state index is -4.39. The minimum Gasteiger partial charge on any atom is -0.383 e. The molecule has 0 saturated heterocycles. The second kappa shape index (κ2) is 5.35. The second-order valence-corrected chi connectivity index (χ2v) is 5.16. The summed E-state index contributed by atoms with van der Waals surface area (Å²) in [6.07, 6.45) is -4.39. The van der Waals surface area contributed by atoms with Crippen LogP contribution in [0.15, 0.2) is 24.3 Å². The van der Waals surface area contributed by atoms with Crippen LogP contribution in [0, 0.1) is 6.92 Å². The summed E-state index contributed by atoms with van der Waals surface area (Å²) < 4.78 is 38.2. The smallest absolute Gasteiger partial charge is 0.383 e. The third-order valence-electron chi connectivity index (χ3n) is 3.19. The van der Waals surface area contributed by atoms with Crippen molar-refractivity contribution in [2.75, 3.05) is 5.73 Å². The summed E-state index contributed by atoms with van der Waals surface area (Å²) in [5.74, 6) is 0.672. The Bertz CT molecular complexity index is 640. The first-order valence-electron chi connectivity index (χ1n) is 6.51. The van der Waals surface area contributed by atoms with E-state index in [-0.39, 0.29) is 11.7 Å². The number of nitrogens with zero attached hydrogens (tertiary/aromatic N) is 2. The molecule has 0 saturated carbocycles. The van der Waals surface area contributed by atoms with Gasteiger partial charge in [-0.3, -0.25) is 0 Å². The molecule has 112 valence electrons. The van der Waals surface area contributed by atoms with Crippen LogP contribution in [0.5, 0.6) is 0 Å². The Kier molecular flexibility index (Phi) is 3.89. The molecule has 0 aliphatic rings. The van der Waals surface area contributed by atoms with Gasteiger partial charge in [-0.05, 0) is 25.0 Å². The number of hydrogen-bond acceptors (Lipinski definition) is 3. The molecule has 0 amide bonds. The standard InChI is InChI=1S/C15H16F3N3/c1-8(2)12-9(3)20-14(21-13(12)19)10-5-4-6-11(7-10)15(16,17)18/h4-8H,1-3H3,(H2,19,20,21). The quantitative estimate of drug-likeness (QED) is 0.904. The normalized spacial score (nSPS) is 12.0. The minimum absolute atomic E-state index is 0.153. The van der Waals surface area contributed by atoms with Crippen molar-refractivity contribution >= 4 is 5.82 Å². The van der Waals surface area contributed by atoms with Gasteiger partial charge in [-0.1, -0.05) is 26.0 Å². The van der Waals surface area contributed by atoms with Gasteiger partial charge in [0.15, 0.2) is 5.82 Å². The molecule has 2 N–H and O–H groups in total. The van der Waals surface area contributed by atoms with Gasteiger partial charge in [-0.2, -0.15) is 13.2 Å². The molecular weight excluding hydrogens is 279 g/mol. The Labute approximate surface area is 121 Å². The zero-order valence-electron chi connectivity index (χ0n) is 12.0. The van der Waals surface area contributed by atoms with E-state index in [4.69, 9.17) is 5.73 Å². The summed E-state index contributed by atoms with van der Waals surface area (Å²) in [4.78, 5) is 8.44. The average Bonchev–Trinajstić information content (AvgIpc) is 2.36. The van der Waals surface area contributed by atoms with Crippen molar-refractivity contribution in [1.82, 2.24) is 9.97 Å². The summed E-state index contributed by atoms with van der Waals surface area (Å²) in [7, 11) is 0. The topological polar surface area (TPSA) is 51.8 Å². The Morgan fingerprint density at radius 3 is 2.33 bits per heavy atom. The number of anilines is 1. The van der Waals surface area contributed by atoms with Gasteiger partial charge in [0.1, 0.15) is 5.82 Å². The third-order valence-corrected chi connectivity index (χ3v) is 3.19. The molecule has 1 aromatic heterocycles. The summed E-state index contributed by atoms with van der Waals surface area (Å²) in [5, 5.41) is 0. The van der Waals surface area contributed by atoms with E-state index in [0.29, 0.717) is 17.1 Å². The summed E-state index contributed by atoms with van der Waals surface area (Å²) >= 11 is 0. The lowest BCUT2D eigenvalue weighted by molar-refractivity contribution is -0.137. The molecular formula is C15H16F3N3. The van der Waals surface area contributed by atoms with Crippen LogP contribution in [0.3, 0.4) is 0 Å². The lowest BCUT2D eigenvalue weighted by Gasteiger charge is -2.14. The Balaban J connectivity index is 2.53. The number of halogens is 3. The summed E-state index contributed by atoms with van der Waals surface area (Å²) in [6, 6.07) is 4.92. The number of benzene rings is 1. The van der Waals surface area contributed by atoms with Crippen molar-refractivity contribution in [2.24, 2.45) is 0 Å². The lowest BCUT2D eigenvalue weighted by atomic mass is 10.0.